The van der Waals surface area contributed by atoms with Crippen molar-refractivity contribution < 1.29 is 0 Å². The lowest BCUT2D eigenvalue weighted by atomic mass is 10.1. The second-order valence-corrected chi connectivity index (χ2v) is 4.80. The van der Waals surface area contributed by atoms with Crippen LogP contribution in [0.15, 0.2) is 54.9 Å². The van der Waals surface area contributed by atoms with Crippen LogP contribution >= 0.6 is 11.6 Å². The second kappa shape index (κ2) is 5.33. The summed E-state index contributed by atoms with van der Waals surface area (Å²) < 4.78 is 0. The Morgan fingerprint density at radius 1 is 0.947 bits per heavy atom. The first kappa shape index (κ1) is 12.1. The van der Waals surface area contributed by atoms with Crippen LogP contribution in [-0.2, 0) is 6.42 Å². The van der Waals surface area contributed by atoms with E-state index < -0.39 is 0 Å². The summed E-state index contributed by atoms with van der Waals surface area (Å²) in [6, 6.07) is 13.9. The van der Waals surface area contributed by atoms with Crippen LogP contribution in [0.25, 0.3) is 10.9 Å². The molecule has 3 rings (SSSR count). The SMILES string of the molecule is ClC(Cc1ccc2ccccc2n1)c1ncccn1. The quantitative estimate of drug-likeness (QED) is 0.683. The number of pyridine rings is 1. The molecule has 1 atom stereocenters. The third-order valence-corrected chi connectivity index (χ3v) is 3.26. The van der Waals surface area contributed by atoms with Gasteiger partial charge in [-0.15, -0.1) is 11.6 Å². The van der Waals surface area contributed by atoms with Crippen LogP contribution in [0, 0.1) is 0 Å². The van der Waals surface area contributed by atoms with E-state index in [2.05, 4.69) is 21.0 Å². The van der Waals surface area contributed by atoms with Crippen molar-refractivity contribution in [2.24, 2.45) is 0 Å². The molecule has 0 saturated carbocycles. The van der Waals surface area contributed by atoms with E-state index in [1.54, 1.807) is 18.5 Å². The predicted molar refractivity (Wildman–Crippen MR) is 76.1 cm³/mol. The van der Waals surface area contributed by atoms with Crippen LogP contribution in [0.1, 0.15) is 16.9 Å². The number of benzene rings is 1. The van der Waals surface area contributed by atoms with Gasteiger partial charge in [0.25, 0.3) is 0 Å². The van der Waals surface area contributed by atoms with Crippen molar-refractivity contribution in [3.63, 3.8) is 0 Å². The lowest BCUT2D eigenvalue weighted by Crippen LogP contribution is -2.02. The van der Waals surface area contributed by atoms with Crippen LogP contribution in [0.3, 0.4) is 0 Å². The van der Waals surface area contributed by atoms with Crippen LogP contribution in [0.5, 0.6) is 0 Å². The third kappa shape index (κ3) is 2.71. The fraction of sp³-hybridized carbons (Fsp3) is 0.133. The Kier molecular flexibility index (Phi) is 3.38. The summed E-state index contributed by atoms with van der Waals surface area (Å²) in [6.07, 6.45) is 4.02. The van der Waals surface area contributed by atoms with Gasteiger partial charge >= 0.3 is 0 Å². The van der Waals surface area contributed by atoms with Gasteiger partial charge in [-0.05, 0) is 18.2 Å². The van der Waals surface area contributed by atoms with Crippen molar-refractivity contribution in [1.29, 1.82) is 0 Å². The zero-order valence-corrected chi connectivity index (χ0v) is 11.0. The number of halogens is 1. The standard InChI is InChI=1S/C15H12ClN3/c16-13(15-17-8-3-9-18-15)10-12-7-6-11-4-1-2-5-14(11)19-12/h1-9,13H,10H2. The van der Waals surface area contributed by atoms with E-state index in [0.29, 0.717) is 12.2 Å². The van der Waals surface area contributed by atoms with Crippen LogP contribution in [0.4, 0.5) is 0 Å². The van der Waals surface area contributed by atoms with E-state index in [1.807, 2.05) is 30.3 Å². The minimum absolute atomic E-state index is 0.255. The summed E-state index contributed by atoms with van der Waals surface area (Å²) in [4.78, 5) is 12.9. The molecular weight excluding hydrogens is 258 g/mol. The molecule has 4 heteroatoms. The lowest BCUT2D eigenvalue weighted by Gasteiger charge is -2.08. The zero-order chi connectivity index (χ0) is 13.1. The molecule has 0 aliphatic carbocycles. The first-order valence-electron chi connectivity index (χ1n) is 6.08. The molecule has 0 aliphatic heterocycles. The molecule has 0 radical (unpaired) electrons. The van der Waals surface area contributed by atoms with Crippen molar-refractivity contribution in [1.82, 2.24) is 15.0 Å². The molecule has 2 aromatic heterocycles. The van der Waals surface area contributed by atoms with E-state index >= 15 is 0 Å². The minimum Gasteiger partial charge on any atom is -0.253 e. The first-order valence-corrected chi connectivity index (χ1v) is 6.52. The lowest BCUT2D eigenvalue weighted by molar-refractivity contribution is 0.810. The number of aromatic nitrogens is 3. The number of nitrogens with zero attached hydrogens (tertiary/aromatic N) is 3. The number of hydrogen-bond donors (Lipinski definition) is 0. The Balaban J connectivity index is 1.85. The predicted octanol–water partition coefficient (Wildman–Crippen LogP) is 3.55. The van der Waals surface area contributed by atoms with Gasteiger partial charge in [-0.2, -0.15) is 0 Å². The van der Waals surface area contributed by atoms with Crippen LogP contribution in [0.2, 0.25) is 0 Å². The van der Waals surface area contributed by atoms with E-state index in [9.17, 15) is 0 Å². The summed E-state index contributed by atoms with van der Waals surface area (Å²) in [7, 11) is 0. The molecule has 0 aliphatic rings. The maximum Gasteiger partial charge on any atom is 0.146 e. The summed E-state index contributed by atoms with van der Waals surface area (Å²) in [5, 5.41) is 0.878. The topological polar surface area (TPSA) is 38.7 Å². The molecule has 3 nitrogen and oxygen atoms in total. The monoisotopic (exact) mass is 269 g/mol. The molecule has 1 unspecified atom stereocenters. The highest BCUT2D eigenvalue weighted by molar-refractivity contribution is 6.20. The normalized spacial score (nSPS) is 12.5. The average molecular weight is 270 g/mol. The van der Waals surface area contributed by atoms with Gasteiger partial charge < -0.3 is 0 Å². The van der Waals surface area contributed by atoms with Gasteiger partial charge in [-0.1, -0.05) is 24.3 Å². The number of rotatable bonds is 3. The molecule has 0 spiro atoms. The third-order valence-electron chi connectivity index (χ3n) is 2.91. The number of fused-ring (bicyclic) bond motifs is 1. The van der Waals surface area contributed by atoms with Gasteiger partial charge in [0.2, 0.25) is 0 Å². The Morgan fingerprint density at radius 3 is 2.58 bits per heavy atom. The fourth-order valence-corrected chi connectivity index (χ4v) is 2.24. The van der Waals surface area contributed by atoms with Gasteiger partial charge in [0.15, 0.2) is 0 Å². The highest BCUT2D eigenvalue weighted by atomic mass is 35.5. The maximum absolute atomic E-state index is 6.33. The van der Waals surface area contributed by atoms with E-state index in [-0.39, 0.29) is 5.38 Å². The van der Waals surface area contributed by atoms with E-state index in [4.69, 9.17) is 11.6 Å². The Bertz CT molecular complexity index is 685. The highest BCUT2D eigenvalue weighted by Crippen LogP contribution is 2.22. The molecule has 0 saturated heterocycles. The van der Waals surface area contributed by atoms with Crippen molar-refractivity contribution in [3.8, 4) is 0 Å². The molecule has 2 heterocycles. The number of para-hydroxylation sites is 1. The van der Waals surface area contributed by atoms with Crippen molar-refractivity contribution >= 4 is 22.5 Å². The Morgan fingerprint density at radius 2 is 1.74 bits per heavy atom. The minimum atomic E-state index is -0.255. The van der Waals surface area contributed by atoms with Gasteiger partial charge in [-0.25, -0.2) is 9.97 Å². The Hall–Kier alpha value is -2.00. The highest BCUT2D eigenvalue weighted by Gasteiger charge is 2.12. The Labute approximate surface area is 116 Å². The van der Waals surface area contributed by atoms with E-state index in [1.165, 1.54) is 0 Å². The van der Waals surface area contributed by atoms with Gasteiger partial charge in [0.05, 0.1) is 10.9 Å². The summed E-state index contributed by atoms with van der Waals surface area (Å²) >= 11 is 6.33. The zero-order valence-electron chi connectivity index (χ0n) is 10.2. The fourth-order valence-electron chi connectivity index (χ4n) is 1.97. The van der Waals surface area contributed by atoms with E-state index in [0.717, 1.165) is 16.6 Å². The first-order chi connectivity index (χ1) is 9.33. The maximum atomic E-state index is 6.33. The average Bonchev–Trinajstić information content (AvgIpc) is 2.48. The largest absolute Gasteiger partial charge is 0.253 e. The van der Waals surface area contributed by atoms with Crippen molar-refractivity contribution in [3.05, 3.63) is 66.4 Å². The number of hydrogen-bond acceptors (Lipinski definition) is 3. The second-order valence-electron chi connectivity index (χ2n) is 4.27. The van der Waals surface area contributed by atoms with Gasteiger partial charge in [0, 0.05) is 29.9 Å². The summed E-state index contributed by atoms with van der Waals surface area (Å²) in [5.41, 5.74) is 1.93. The molecular formula is C15H12ClN3. The smallest absolute Gasteiger partial charge is 0.146 e. The van der Waals surface area contributed by atoms with Crippen LogP contribution < -0.4 is 0 Å². The van der Waals surface area contributed by atoms with Crippen molar-refractivity contribution in [2.75, 3.05) is 0 Å². The van der Waals surface area contributed by atoms with Crippen LogP contribution in [-0.4, -0.2) is 15.0 Å². The molecule has 0 N–H and O–H groups in total. The molecule has 1 aromatic carbocycles. The molecule has 0 amide bonds. The van der Waals surface area contributed by atoms with Gasteiger partial charge in [-0.3, -0.25) is 4.98 Å². The number of alkyl halides is 1. The van der Waals surface area contributed by atoms with Gasteiger partial charge in [0.1, 0.15) is 5.82 Å². The molecule has 0 fully saturated rings. The van der Waals surface area contributed by atoms with Crippen molar-refractivity contribution in [2.45, 2.75) is 11.8 Å². The molecule has 94 valence electrons. The molecule has 3 aromatic rings. The summed E-state index contributed by atoms with van der Waals surface area (Å²) in [5.74, 6) is 0.638. The molecule has 0 bridgehead atoms. The molecule has 19 heavy (non-hydrogen) atoms. The summed E-state index contributed by atoms with van der Waals surface area (Å²) in [6.45, 7) is 0.